The second kappa shape index (κ2) is 5.83. The number of aryl methyl sites for hydroxylation is 1. The summed E-state index contributed by atoms with van der Waals surface area (Å²) in [7, 11) is 0. The highest BCUT2D eigenvalue weighted by atomic mass is 16.5. The average Bonchev–Trinajstić information content (AvgIpc) is 2.80. The lowest BCUT2D eigenvalue weighted by atomic mass is 9.99. The summed E-state index contributed by atoms with van der Waals surface area (Å²) >= 11 is 0. The van der Waals surface area contributed by atoms with Crippen molar-refractivity contribution in [3.8, 4) is 5.75 Å². The minimum Gasteiger partial charge on any atom is -0.491 e. The van der Waals surface area contributed by atoms with E-state index in [4.69, 9.17) is 4.74 Å². The molecule has 1 aliphatic rings. The van der Waals surface area contributed by atoms with Crippen LogP contribution in [0.25, 0.3) is 0 Å². The van der Waals surface area contributed by atoms with E-state index in [1.165, 1.54) is 0 Å². The minimum absolute atomic E-state index is 0.0376. The van der Waals surface area contributed by atoms with Crippen molar-refractivity contribution in [2.45, 2.75) is 52.2 Å². The van der Waals surface area contributed by atoms with Crippen molar-refractivity contribution < 1.29 is 9.53 Å². The fourth-order valence-corrected chi connectivity index (χ4v) is 2.47. The molecule has 110 valence electrons. The summed E-state index contributed by atoms with van der Waals surface area (Å²) in [6, 6.07) is 5.76. The maximum absolute atomic E-state index is 12.3. The molecule has 2 N–H and O–H groups in total. The second-order valence-electron chi connectivity index (χ2n) is 5.96. The first kappa shape index (κ1) is 14.9. The Morgan fingerprint density at radius 3 is 2.75 bits per heavy atom. The van der Waals surface area contributed by atoms with Crippen LogP contribution in [0.3, 0.4) is 0 Å². The van der Waals surface area contributed by atoms with Crippen molar-refractivity contribution in [1.29, 1.82) is 0 Å². The highest BCUT2D eigenvalue weighted by molar-refractivity contribution is 5.98. The lowest BCUT2D eigenvalue weighted by molar-refractivity contribution is -0.121. The van der Waals surface area contributed by atoms with Crippen LogP contribution in [0.2, 0.25) is 0 Å². The summed E-state index contributed by atoms with van der Waals surface area (Å²) in [5.74, 6) is 0.872. The van der Waals surface area contributed by atoms with Gasteiger partial charge in [0.05, 0.1) is 11.6 Å². The van der Waals surface area contributed by atoms with Gasteiger partial charge in [0.2, 0.25) is 5.91 Å². The van der Waals surface area contributed by atoms with E-state index in [0.717, 1.165) is 36.4 Å². The van der Waals surface area contributed by atoms with Gasteiger partial charge in [-0.05, 0) is 70.8 Å². The van der Waals surface area contributed by atoms with Gasteiger partial charge in [-0.15, -0.1) is 0 Å². The molecule has 1 aromatic carbocycles. The predicted molar refractivity (Wildman–Crippen MR) is 81.2 cm³/mol. The maximum atomic E-state index is 12.3. The van der Waals surface area contributed by atoms with E-state index in [9.17, 15) is 4.79 Å². The summed E-state index contributed by atoms with van der Waals surface area (Å²) < 4.78 is 5.65. The first-order valence-electron chi connectivity index (χ1n) is 7.24. The molecule has 1 fully saturated rings. The molecule has 1 aliphatic heterocycles. The van der Waals surface area contributed by atoms with Crippen LogP contribution in [0.5, 0.6) is 5.75 Å². The molecule has 1 heterocycles. The summed E-state index contributed by atoms with van der Waals surface area (Å²) in [6.07, 6.45) is 2.08. The Morgan fingerprint density at radius 1 is 1.45 bits per heavy atom. The monoisotopic (exact) mass is 276 g/mol. The zero-order valence-electron chi connectivity index (χ0n) is 12.7. The van der Waals surface area contributed by atoms with Gasteiger partial charge in [-0.3, -0.25) is 4.79 Å². The zero-order chi connectivity index (χ0) is 14.8. The number of carbonyl (C=O) groups excluding carboxylic acids is 1. The fraction of sp³-hybridized carbons (Fsp3) is 0.562. The number of benzene rings is 1. The summed E-state index contributed by atoms with van der Waals surface area (Å²) in [5, 5.41) is 6.29. The molecule has 1 saturated heterocycles. The van der Waals surface area contributed by atoms with E-state index in [-0.39, 0.29) is 12.0 Å². The van der Waals surface area contributed by atoms with Gasteiger partial charge in [0.25, 0.3) is 0 Å². The van der Waals surface area contributed by atoms with Crippen LogP contribution >= 0.6 is 0 Å². The molecular formula is C16H24N2O2. The van der Waals surface area contributed by atoms with Crippen LogP contribution < -0.4 is 15.4 Å². The number of amides is 1. The molecule has 0 aliphatic carbocycles. The Labute approximate surface area is 120 Å². The summed E-state index contributed by atoms with van der Waals surface area (Å²) in [4.78, 5) is 12.3. The molecule has 0 spiro atoms. The number of ether oxygens (including phenoxy) is 1. The third kappa shape index (κ3) is 3.31. The van der Waals surface area contributed by atoms with Crippen LogP contribution in [0.4, 0.5) is 5.69 Å². The molecule has 1 unspecified atom stereocenters. The summed E-state index contributed by atoms with van der Waals surface area (Å²) in [5.41, 5.74) is 1.42. The lowest BCUT2D eigenvalue weighted by Crippen LogP contribution is -2.48. The Balaban J connectivity index is 2.08. The zero-order valence-corrected chi connectivity index (χ0v) is 12.7. The van der Waals surface area contributed by atoms with Gasteiger partial charge in [-0.2, -0.15) is 0 Å². The Morgan fingerprint density at radius 2 is 2.20 bits per heavy atom. The first-order chi connectivity index (χ1) is 9.40. The molecule has 20 heavy (non-hydrogen) atoms. The van der Waals surface area contributed by atoms with Crippen molar-refractivity contribution in [2.24, 2.45) is 0 Å². The largest absolute Gasteiger partial charge is 0.491 e. The Hall–Kier alpha value is -1.55. The molecule has 0 bridgehead atoms. The number of hydrogen-bond acceptors (Lipinski definition) is 3. The first-order valence-corrected chi connectivity index (χ1v) is 7.24. The number of carbonyl (C=O) groups is 1. The van der Waals surface area contributed by atoms with Gasteiger partial charge < -0.3 is 15.4 Å². The standard InChI is InChI=1S/C16H24N2O2/c1-11(2)20-13-6-7-14(12(3)10-13)18-15(19)16(4)8-5-9-17-16/h6-7,10-11,17H,5,8-9H2,1-4H3,(H,18,19). The molecule has 4 nitrogen and oxygen atoms in total. The molecule has 4 heteroatoms. The smallest absolute Gasteiger partial charge is 0.244 e. The Bertz CT molecular complexity index is 491. The predicted octanol–water partition coefficient (Wildman–Crippen LogP) is 2.86. The molecular weight excluding hydrogens is 252 g/mol. The van der Waals surface area contributed by atoms with E-state index in [0.29, 0.717) is 0 Å². The number of anilines is 1. The Kier molecular flexibility index (Phi) is 4.33. The average molecular weight is 276 g/mol. The normalized spacial score (nSPS) is 22.1. The van der Waals surface area contributed by atoms with Crippen molar-refractivity contribution in [1.82, 2.24) is 5.32 Å². The van der Waals surface area contributed by atoms with Crippen LogP contribution in [-0.4, -0.2) is 24.1 Å². The van der Waals surface area contributed by atoms with Crippen molar-refractivity contribution in [3.63, 3.8) is 0 Å². The highest BCUT2D eigenvalue weighted by Crippen LogP contribution is 2.25. The van der Waals surface area contributed by atoms with Gasteiger partial charge in [-0.25, -0.2) is 0 Å². The molecule has 0 aromatic heterocycles. The minimum atomic E-state index is -0.445. The molecule has 1 atom stereocenters. The molecule has 0 radical (unpaired) electrons. The summed E-state index contributed by atoms with van der Waals surface area (Å²) in [6.45, 7) is 8.84. The number of nitrogens with one attached hydrogen (secondary N) is 2. The molecule has 1 aromatic rings. The van der Waals surface area contributed by atoms with E-state index >= 15 is 0 Å². The van der Waals surface area contributed by atoms with Crippen molar-refractivity contribution in [2.75, 3.05) is 11.9 Å². The van der Waals surface area contributed by atoms with Gasteiger partial charge in [0, 0.05) is 5.69 Å². The van der Waals surface area contributed by atoms with E-state index in [1.807, 2.05) is 45.9 Å². The van der Waals surface area contributed by atoms with Crippen LogP contribution in [0, 0.1) is 6.92 Å². The van der Waals surface area contributed by atoms with Crippen LogP contribution in [0.15, 0.2) is 18.2 Å². The van der Waals surface area contributed by atoms with Gasteiger partial charge in [-0.1, -0.05) is 0 Å². The van der Waals surface area contributed by atoms with Crippen molar-refractivity contribution in [3.05, 3.63) is 23.8 Å². The number of rotatable bonds is 4. The van der Waals surface area contributed by atoms with Gasteiger partial charge >= 0.3 is 0 Å². The van der Waals surface area contributed by atoms with Crippen LogP contribution in [0.1, 0.15) is 39.2 Å². The van der Waals surface area contributed by atoms with Gasteiger partial charge in [0.1, 0.15) is 5.75 Å². The highest BCUT2D eigenvalue weighted by Gasteiger charge is 2.35. The van der Waals surface area contributed by atoms with E-state index < -0.39 is 5.54 Å². The topological polar surface area (TPSA) is 50.4 Å². The van der Waals surface area contributed by atoms with E-state index in [1.54, 1.807) is 0 Å². The third-order valence-corrected chi connectivity index (χ3v) is 3.69. The molecule has 0 saturated carbocycles. The van der Waals surface area contributed by atoms with Crippen LogP contribution in [-0.2, 0) is 4.79 Å². The van der Waals surface area contributed by atoms with E-state index in [2.05, 4.69) is 10.6 Å². The number of hydrogen-bond donors (Lipinski definition) is 2. The van der Waals surface area contributed by atoms with Crippen molar-refractivity contribution >= 4 is 11.6 Å². The fourth-order valence-electron chi connectivity index (χ4n) is 2.47. The SMILES string of the molecule is Cc1cc(OC(C)C)ccc1NC(=O)C1(C)CCCN1. The third-order valence-electron chi connectivity index (χ3n) is 3.69. The molecule has 2 rings (SSSR count). The molecule has 1 amide bonds. The maximum Gasteiger partial charge on any atom is 0.244 e. The second-order valence-corrected chi connectivity index (χ2v) is 5.96. The lowest BCUT2D eigenvalue weighted by Gasteiger charge is -2.23. The quantitative estimate of drug-likeness (QED) is 0.889. The van der Waals surface area contributed by atoms with Gasteiger partial charge in [0.15, 0.2) is 0 Å².